The van der Waals surface area contributed by atoms with Gasteiger partial charge in [0.1, 0.15) is 5.60 Å². The lowest BCUT2D eigenvalue weighted by Crippen LogP contribution is -2.47. The number of ether oxygens (including phenoxy) is 1. The van der Waals surface area contributed by atoms with Crippen LogP contribution in [0.4, 0.5) is 4.79 Å². The van der Waals surface area contributed by atoms with Crippen LogP contribution in [0.1, 0.15) is 27.2 Å². The normalized spacial score (nSPS) is 13.8. The van der Waals surface area contributed by atoms with E-state index in [0.29, 0.717) is 13.0 Å². The highest BCUT2D eigenvalue weighted by Gasteiger charge is 2.19. The Morgan fingerprint density at radius 3 is 2.35 bits per heavy atom. The Hall–Kier alpha value is -0.900. The molecule has 0 aliphatic carbocycles. The second kappa shape index (κ2) is 8.40. The number of carbonyl (C=O) groups excluding carboxylic acids is 1. The van der Waals surface area contributed by atoms with Crippen LogP contribution in [0.3, 0.4) is 0 Å². The second-order valence-electron chi connectivity index (χ2n) is 5.29. The van der Waals surface area contributed by atoms with Crippen LogP contribution in [0.5, 0.6) is 0 Å². The summed E-state index contributed by atoms with van der Waals surface area (Å²) >= 11 is 0. The Labute approximate surface area is 120 Å². The molecule has 3 N–H and O–H groups in total. The Morgan fingerprint density at radius 2 is 1.90 bits per heavy atom. The van der Waals surface area contributed by atoms with E-state index >= 15 is 0 Å². The van der Waals surface area contributed by atoms with Gasteiger partial charge in [-0.05, 0) is 34.2 Å². The first kappa shape index (κ1) is 19.1. The molecule has 1 unspecified atom stereocenters. The lowest BCUT2D eigenvalue weighted by atomic mass is 10.2. The monoisotopic (exact) mass is 311 g/mol. The molecule has 0 aromatic heterocycles. The van der Waals surface area contributed by atoms with Crippen molar-refractivity contribution < 1.29 is 22.1 Å². The number of nitrogens with one attached hydrogen (secondary N) is 3. The van der Waals surface area contributed by atoms with Crippen LogP contribution in [-0.2, 0) is 19.0 Å². The molecule has 1 amide bonds. The number of alkyl carbamates (subject to hydrolysis) is 1. The smallest absolute Gasteiger partial charge is 0.407 e. The highest BCUT2D eigenvalue weighted by atomic mass is 32.2. The molecule has 0 radical (unpaired) electrons. The van der Waals surface area contributed by atoms with Crippen molar-refractivity contribution in [2.75, 3.05) is 26.5 Å². The summed E-state index contributed by atoms with van der Waals surface area (Å²) in [5.41, 5.74) is 4.98. The molecule has 1 atom stereocenters. The van der Waals surface area contributed by atoms with Gasteiger partial charge in [-0.25, -0.2) is 4.79 Å². The average molecular weight is 311 g/mol. The van der Waals surface area contributed by atoms with Crippen LogP contribution in [0.15, 0.2) is 0 Å². The molecule has 0 aromatic carbocycles. The number of hydrogen-bond acceptors (Lipinski definition) is 7. The van der Waals surface area contributed by atoms with Gasteiger partial charge in [-0.2, -0.15) is 8.42 Å². The number of hydrazine groups is 1. The van der Waals surface area contributed by atoms with Crippen molar-refractivity contribution in [2.45, 2.75) is 38.8 Å². The standard InChI is InChI=1S/C11H25N3O5S/c1-11(2,3)19-10(15)14-9(8-13-12-4)6-7-18-20(5,16)17/h9,12-13H,6-8H2,1-5H3,(H,14,15). The van der Waals surface area contributed by atoms with E-state index in [9.17, 15) is 13.2 Å². The summed E-state index contributed by atoms with van der Waals surface area (Å²) in [7, 11) is -1.79. The number of hydrogen-bond donors (Lipinski definition) is 3. The molecule has 0 saturated heterocycles. The summed E-state index contributed by atoms with van der Waals surface area (Å²) < 4.78 is 31.5. The van der Waals surface area contributed by atoms with Gasteiger partial charge in [0.15, 0.2) is 0 Å². The van der Waals surface area contributed by atoms with Gasteiger partial charge in [-0.3, -0.25) is 15.0 Å². The lowest BCUT2D eigenvalue weighted by molar-refractivity contribution is 0.0497. The zero-order valence-electron chi connectivity index (χ0n) is 12.6. The zero-order valence-corrected chi connectivity index (χ0v) is 13.5. The van der Waals surface area contributed by atoms with E-state index in [2.05, 4.69) is 20.4 Å². The van der Waals surface area contributed by atoms with E-state index in [0.717, 1.165) is 6.26 Å². The third kappa shape index (κ3) is 12.2. The van der Waals surface area contributed by atoms with Crippen molar-refractivity contribution in [2.24, 2.45) is 0 Å². The number of rotatable bonds is 8. The largest absolute Gasteiger partial charge is 0.444 e. The molecule has 20 heavy (non-hydrogen) atoms. The third-order valence-electron chi connectivity index (χ3n) is 2.01. The van der Waals surface area contributed by atoms with Crippen LogP contribution in [0, 0.1) is 0 Å². The molecule has 0 aromatic rings. The van der Waals surface area contributed by atoms with Gasteiger partial charge in [-0.15, -0.1) is 0 Å². The molecule has 0 saturated carbocycles. The third-order valence-corrected chi connectivity index (χ3v) is 2.60. The molecule has 0 heterocycles. The Kier molecular flexibility index (Phi) is 8.02. The molecule has 0 aliphatic heterocycles. The molecular weight excluding hydrogens is 286 g/mol. The summed E-state index contributed by atoms with van der Waals surface area (Å²) in [5.74, 6) is 0. The van der Waals surface area contributed by atoms with Gasteiger partial charge >= 0.3 is 6.09 Å². The highest BCUT2D eigenvalue weighted by Crippen LogP contribution is 2.07. The fraction of sp³-hybridized carbons (Fsp3) is 0.909. The molecule has 120 valence electrons. The van der Waals surface area contributed by atoms with Crippen molar-refractivity contribution >= 4 is 16.2 Å². The topological polar surface area (TPSA) is 106 Å². The van der Waals surface area contributed by atoms with Crippen molar-refractivity contribution in [3.63, 3.8) is 0 Å². The fourth-order valence-electron chi connectivity index (χ4n) is 1.27. The Bertz CT molecular complexity index is 391. The summed E-state index contributed by atoms with van der Waals surface area (Å²) in [6.07, 6.45) is 0.760. The Morgan fingerprint density at radius 1 is 1.30 bits per heavy atom. The minimum Gasteiger partial charge on any atom is -0.444 e. The van der Waals surface area contributed by atoms with Crippen molar-refractivity contribution in [3.05, 3.63) is 0 Å². The van der Waals surface area contributed by atoms with Gasteiger partial charge in [0.2, 0.25) is 0 Å². The van der Waals surface area contributed by atoms with Crippen molar-refractivity contribution in [3.8, 4) is 0 Å². The highest BCUT2D eigenvalue weighted by molar-refractivity contribution is 7.85. The average Bonchev–Trinajstić information content (AvgIpc) is 2.21. The molecule has 0 fully saturated rings. The van der Waals surface area contributed by atoms with Crippen LogP contribution < -0.4 is 16.2 Å². The minimum atomic E-state index is -3.48. The SMILES string of the molecule is CNNCC(CCOS(C)(=O)=O)NC(=O)OC(C)(C)C. The quantitative estimate of drug-likeness (QED) is 0.427. The van der Waals surface area contributed by atoms with Gasteiger partial charge in [0, 0.05) is 12.6 Å². The predicted molar refractivity (Wildman–Crippen MR) is 75.6 cm³/mol. The molecule has 8 nitrogen and oxygen atoms in total. The van der Waals surface area contributed by atoms with Crippen molar-refractivity contribution in [1.82, 2.24) is 16.2 Å². The maximum Gasteiger partial charge on any atom is 0.407 e. The first-order valence-corrected chi connectivity index (χ1v) is 8.08. The molecular formula is C11H25N3O5S. The zero-order chi connectivity index (χ0) is 15.8. The van der Waals surface area contributed by atoms with E-state index in [-0.39, 0.29) is 12.6 Å². The summed E-state index contributed by atoms with van der Waals surface area (Å²) in [6.45, 7) is 5.69. The van der Waals surface area contributed by atoms with E-state index in [1.165, 1.54) is 0 Å². The molecule has 0 rings (SSSR count). The summed E-state index contributed by atoms with van der Waals surface area (Å²) in [6, 6.07) is -0.320. The molecule has 9 heteroatoms. The molecule has 0 aliphatic rings. The van der Waals surface area contributed by atoms with E-state index < -0.39 is 21.8 Å². The molecule has 0 spiro atoms. The van der Waals surface area contributed by atoms with Crippen LogP contribution >= 0.6 is 0 Å². The van der Waals surface area contributed by atoms with Gasteiger partial charge in [0.25, 0.3) is 10.1 Å². The lowest BCUT2D eigenvalue weighted by Gasteiger charge is -2.23. The number of amides is 1. The van der Waals surface area contributed by atoms with Crippen molar-refractivity contribution in [1.29, 1.82) is 0 Å². The van der Waals surface area contributed by atoms with E-state index in [1.54, 1.807) is 27.8 Å². The van der Waals surface area contributed by atoms with Gasteiger partial charge < -0.3 is 10.1 Å². The fourth-order valence-corrected chi connectivity index (χ4v) is 1.67. The maximum absolute atomic E-state index is 11.7. The van der Waals surface area contributed by atoms with Crippen LogP contribution in [0.2, 0.25) is 0 Å². The summed E-state index contributed by atoms with van der Waals surface area (Å²) in [5, 5.41) is 2.66. The Balaban J connectivity index is 4.30. The number of carbonyl (C=O) groups is 1. The first-order valence-electron chi connectivity index (χ1n) is 6.27. The van der Waals surface area contributed by atoms with Gasteiger partial charge in [0.05, 0.1) is 12.9 Å². The maximum atomic E-state index is 11.7. The second-order valence-corrected chi connectivity index (χ2v) is 6.93. The van der Waals surface area contributed by atoms with Gasteiger partial charge in [-0.1, -0.05) is 0 Å². The summed E-state index contributed by atoms with van der Waals surface area (Å²) in [4.78, 5) is 11.7. The van der Waals surface area contributed by atoms with E-state index in [1.807, 2.05) is 0 Å². The predicted octanol–water partition coefficient (Wildman–Crippen LogP) is -0.0300. The minimum absolute atomic E-state index is 0.00923. The van der Waals surface area contributed by atoms with E-state index in [4.69, 9.17) is 4.74 Å². The van der Waals surface area contributed by atoms with Crippen LogP contribution in [0.25, 0.3) is 0 Å². The first-order chi connectivity index (χ1) is 9.03. The van der Waals surface area contributed by atoms with Crippen LogP contribution in [-0.4, -0.2) is 52.6 Å². The molecule has 0 bridgehead atoms.